The average Bonchev–Trinajstić information content (AvgIpc) is 3.08. The van der Waals surface area contributed by atoms with Gasteiger partial charge in [-0.15, -0.1) is 0 Å². The predicted molar refractivity (Wildman–Crippen MR) is 172 cm³/mol. The largest absolute Gasteiger partial charge is 0.497 e. The molecule has 0 aliphatic heterocycles. The molecule has 270 valence electrons. The van der Waals surface area contributed by atoms with Gasteiger partial charge in [-0.1, -0.05) is 12.1 Å². The molecule has 0 aliphatic carbocycles. The lowest BCUT2D eigenvalue weighted by Gasteiger charge is -2.14. The molecule has 16 heteroatoms. The number of aromatic carboxylic acids is 1. The zero-order valence-electron chi connectivity index (χ0n) is 27.1. The van der Waals surface area contributed by atoms with E-state index >= 15 is 0 Å². The Morgan fingerprint density at radius 1 is 0.588 bits per heavy atom. The Hall–Kier alpha value is -6.06. The number of carbonyl (C=O) groups is 4. The van der Waals surface area contributed by atoms with Crippen molar-refractivity contribution >= 4 is 35.1 Å². The molecule has 0 bridgehead atoms. The van der Waals surface area contributed by atoms with Gasteiger partial charge in [-0.3, -0.25) is 9.59 Å². The first-order valence-corrected chi connectivity index (χ1v) is 14.5. The molecule has 0 radical (unpaired) electrons. The lowest BCUT2D eigenvalue weighted by molar-refractivity contribution is -0.139. The van der Waals surface area contributed by atoms with Crippen LogP contribution in [-0.4, -0.2) is 50.2 Å². The number of benzene rings is 4. The van der Waals surface area contributed by atoms with Crippen molar-refractivity contribution < 1.29 is 64.8 Å². The zero-order chi connectivity index (χ0) is 37.9. The summed E-state index contributed by atoms with van der Waals surface area (Å²) in [6.07, 6.45) is -10.2. The standard InChI is InChI=1S/C18H16F3NO4.C17H14F3NO4/c1-25-14-8-5-12(15(10-14)18(19,20)21)9-16(23)22-13-6-3-11(4-7-13)17(24)26-2;1-25-13-7-4-11(14(9-13)17(18,19)20)8-15(22)21-12-5-2-10(3-6-12)16(23)24/h3-8,10H,9H2,1-2H3,(H,22,23);2-7,9H,8H2,1H3,(H,21,22)(H,23,24). The molecule has 2 amide bonds. The first-order chi connectivity index (χ1) is 23.9. The molecule has 0 fully saturated rings. The minimum atomic E-state index is -4.62. The third kappa shape index (κ3) is 11.5. The quantitative estimate of drug-likeness (QED) is 0.115. The van der Waals surface area contributed by atoms with Crippen molar-refractivity contribution in [3.8, 4) is 11.5 Å². The fraction of sp³-hybridized carbons (Fsp3) is 0.200. The van der Waals surface area contributed by atoms with E-state index in [0.29, 0.717) is 11.3 Å². The lowest BCUT2D eigenvalue weighted by Crippen LogP contribution is -2.18. The van der Waals surface area contributed by atoms with Crippen LogP contribution in [0, 0.1) is 0 Å². The molecular formula is C35H30F6N2O8. The van der Waals surface area contributed by atoms with Crippen LogP contribution in [0.5, 0.6) is 11.5 Å². The number of esters is 1. The maximum atomic E-state index is 13.2. The maximum Gasteiger partial charge on any atom is 0.416 e. The first kappa shape index (κ1) is 39.4. The number of amides is 2. The summed E-state index contributed by atoms with van der Waals surface area (Å²) in [6.45, 7) is 0. The highest BCUT2D eigenvalue weighted by molar-refractivity contribution is 5.95. The third-order valence-electron chi connectivity index (χ3n) is 6.95. The number of halogens is 6. The van der Waals surface area contributed by atoms with E-state index in [4.69, 9.17) is 14.6 Å². The van der Waals surface area contributed by atoms with Gasteiger partial charge in [0.1, 0.15) is 11.5 Å². The second-order valence-corrected chi connectivity index (χ2v) is 10.4. The Morgan fingerprint density at radius 2 is 0.961 bits per heavy atom. The van der Waals surface area contributed by atoms with Gasteiger partial charge in [-0.25, -0.2) is 9.59 Å². The minimum absolute atomic E-state index is 0.0347. The molecule has 0 spiro atoms. The third-order valence-corrected chi connectivity index (χ3v) is 6.95. The van der Waals surface area contributed by atoms with Gasteiger partial charge in [-0.05, 0) is 83.9 Å². The summed E-state index contributed by atoms with van der Waals surface area (Å²) in [6, 6.07) is 17.9. The Labute approximate surface area is 286 Å². The highest BCUT2D eigenvalue weighted by Crippen LogP contribution is 2.36. The molecule has 51 heavy (non-hydrogen) atoms. The average molecular weight is 721 g/mol. The molecule has 4 aromatic carbocycles. The van der Waals surface area contributed by atoms with E-state index in [1.165, 1.54) is 94.1 Å². The Morgan fingerprint density at radius 3 is 1.27 bits per heavy atom. The van der Waals surface area contributed by atoms with E-state index in [2.05, 4.69) is 15.4 Å². The number of ether oxygens (including phenoxy) is 3. The number of nitrogens with one attached hydrogen (secondary N) is 2. The van der Waals surface area contributed by atoms with Gasteiger partial charge in [0.2, 0.25) is 11.8 Å². The second kappa shape index (κ2) is 17.0. The number of hydrogen-bond acceptors (Lipinski definition) is 7. The Bertz CT molecular complexity index is 1860. The topological polar surface area (TPSA) is 140 Å². The monoisotopic (exact) mass is 720 g/mol. The van der Waals surface area contributed by atoms with Gasteiger partial charge >= 0.3 is 24.3 Å². The van der Waals surface area contributed by atoms with Gasteiger partial charge < -0.3 is 30.0 Å². The number of methoxy groups -OCH3 is 3. The highest BCUT2D eigenvalue weighted by Gasteiger charge is 2.35. The first-order valence-electron chi connectivity index (χ1n) is 14.5. The number of hydrogen-bond donors (Lipinski definition) is 3. The van der Waals surface area contributed by atoms with Gasteiger partial charge in [0.15, 0.2) is 0 Å². The summed E-state index contributed by atoms with van der Waals surface area (Å²) in [5, 5.41) is 13.7. The van der Waals surface area contributed by atoms with Crippen molar-refractivity contribution in [3.05, 3.63) is 118 Å². The van der Waals surface area contributed by atoms with Crippen molar-refractivity contribution in [2.24, 2.45) is 0 Å². The van der Waals surface area contributed by atoms with E-state index in [0.717, 1.165) is 12.1 Å². The molecule has 0 saturated heterocycles. The summed E-state index contributed by atoms with van der Waals surface area (Å²) >= 11 is 0. The molecule has 4 aromatic rings. The number of carbonyl (C=O) groups excluding carboxylic acids is 3. The molecule has 3 N–H and O–H groups in total. The molecule has 0 heterocycles. The van der Waals surface area contributed by atoms with Crippen LogP contribution >= 0.6 is 0 Å². The fourth-order valence-electron chi connectivity index (χ4n) is 4.46. The summed E-state index contributed by atoms with van der Waals surface area (Å²) < 4.78 is 93.0. The zero-order valence-corrected chi connectivity index (χ0v) is 27.1. The maximum absolute atomic E-state index is 13.2. The van der Waals surface area contributed by atoms with Crippen molar-refractivity contribution in [1.29, 1.82) is 0 Å². The molecule has 0 aliphatic rings. The number of anilines is 2. The molecule has 0 aromatic heterocycles. The van der Waals surface area contributed by atoms with Crippen LogP contribution < -0.4 is 20.1 Å². The van der Waals surface area contributed by atoms with E-state index in [1.54, 1.807) is 0 Å². The van der Waals surface area contributed by atoms with Crippen LogP contribution in [0.3, 0.4) is 0 Å². The van der Waals surface area contributed by atoms with Crippen LogP contribution in [0.25, 0.3) is 0 Å². The van der Waals surface area contributed by atoms with Crippen molar-refractivity contribution in [2.45, 2.75) is 25.2 Å². The molecule has 0 unspecified atom stereocenters. The van der Waals surface area contributed by atoms with Gasteiger partial charge in [0, 0.05) is 11.4 Å². The minimum Gasteiger partial charge on any atom is -0.497 e. The summed E-state index contributed by atoms with van der Waals surface area (Å²) in [5.74, 6) is -2.83. The molecular weight excluding hydrogens is 690 g/mol. The van der Waals surface area contributed by atoms with Crippen molar-refractivity contribution in [1.82, 2.24) is 0 Å². The fourth-order valence-corrected chi connectivity index (χ4v) is 4.46. The molecule has 0 atom stereocenters. The van der Waals surface area contributed by atoms with Gasteiger partial charge in [0.25, 0.3) is 0 Å². The van der Waals surface area contributed by atoms with Gasteiger partial charge in [0.05, 0.1) is 56.4 Å². The van der Waals surface area contributed by atoms with Crippen molar-refractivity contribution in [3.63, 3.8) is 0 Å². The Balaban J connectivity index is 0.000000276. The normalized spacial score (nSPS) is 11.0. The van der Waals surface area contributed by atoms with Crippen LogP contribution in [0.4, 0.5) is 37.7 Å². The molecule has 10 nitrogen and oxygen atoms in total. The smallest absolute Gasteiger partial charge is 0.416 e. The van der Waals surface area contributed by atoms with Crippen LogP contribution in [0.1, 0.15) is 43.0 Å². The number of alkyl halides is 6. The number of carboxylic acid groups (broad SMARTS) is 1. The number of rotatable bonds is 10. The molecule has 4 rings (SSSR count). The van der Waals surface area contributed by atoms with E-state index < -0.39 is 60.1 Å². The number of carboxylic acids is 1. The van der Waals surface area contributed by atoms with Crippen LogP contribution in [0.2, 0.25) is 0 Å². The van der Waals surface area contributed by atoms with E-state index in [1.807, 2.05) is 0 Å². The predicted octanol–water partition coefficient (Wildman–Crippen LogP) is 7.28. The Kier molecular flexibility index (Phi) is 13.2. The highest BCUT2D eigenvalue weighted by atomic mass is 19.4. The van der Waals surface area contributed by atoms with Gasteiger partial charge in [-0.2, -0.15) is 26.3 Å². The van der Waals surface area contributed by atoms with Crippen molar-refractivity contribution in [2.75, 3.05) is 32.0 Å². The molecule has 0 saturated carbocycles. The lowest BCUT2D eigenvalue weighted by atomic mass is 10.0. The van der Waals surface area contributed by atoms with E-state index in [-0.39, 0.29) is 33.9 Å². The van der Waals surface area contributed by atoms with E-state index in [9.17, 15) is 45.5 Å². The van der Waals surface area contributed by atoms with Crippen LogP contribution in [-0.2, 0) is 39.5 Å². The second-order valence-electron chi connectivity index (χ2n) is 10.4. The summed E-state index contributed by atoms with van der Waals surface area (Å²) in [5.41, 5.74) is -1.25. The SMILES string of the molecule is COC(=O)c1ccc(NC(=O)Cc2ccc(OC)cc2C(F)(F)F)cc1.COc1ccc(CC(=O)Nc2ccc(C(=O)O)cc2)c(C(F)(F)F)c1. The summed E-state index contributed by atoms with van der Waals surface area (Å²) in [4.78, 5) is 46.2. The van der Waals surface area contributed by atoms with Crippen LogP contribution in [0.15, 0.2) is 84.9 Å². The summed E-state index contributed by atoms with van der Waals surface area (Å²) in [7, 11) is 3.76.